The van der Waals surface area contributed by atoms with E-state index in [4.69, 9.17) is 4.42 Å². The number of aromatic nitrogens is 3. The third-order valence-corrected chi connectivity index (χ3v) is 1.42. The Hall–Kier alpha value is -1.65. The van der Waals surface area contributed by atoms with Gasteiger partial charge in [-0.15, -0.1) is 0 Å². The lowest BCUT2D eigenvalue weighted by Gasteiger charge is -1.85. The van der Waals surface area contributed by atoms with E-state index in [-0.39, 0.29) is 5.71 Å². The summed E-state index contributed by atoms with van der Waals surface area (Å²) in [6, 6.07) is 0. The third kappa shape index (κ3) is 0.739. The molecule has 0 bridgehead atoms. The van der Waals surface area contributed by atoms with Gasteiger partial charge >= 0.3 is 5.76 Å². The number of hydrogen-bond acceptors (Lipinski definition) is 4. The van der Waals surface area contributed by atoms with Crippen LogP contribution in [0, 0.1) is 0 Å². The van der Waals surface area contributed by atoms with Crippen molar-refractivity contribution in [2.24, 2.45) is 7.05 Å². The second kappa shape index (κ2) is 1.91. The van der Waals surface area contributed by atoms with Crippen LogP contribution in [0.2, 0.25) is 0 Å². The smallest absolute Gasteiger partial charge is 0.387 e. The van der Waals surface area contributed by atoms with E-state index in [1.54, 1.807) is 7.05 Å². The fourth-order valence-corrected chi connectivity index (χ4v) is 0.858. The molecule has 11 heavy (non-hydrogen) atoms. The first-order valence-electron chi connectivity index (χ1n) is 3.05. The lowest BCUT2D eigenvalue weighted by molar-refractivity contribution is 0.520. The molecule has 0 aliphatic carbocycles. The molecule has 0 aliphatic heterocycles. The summed E-state index contributed by atoms with van der Waals surface area (Å²) in [7, 11) is 1.59. The van der Waals surface area contributed by atoms with Crippen molar-refractivity contribution in [1.82, 2.24) is 14.5 Å². The molecule has 5 nitrogen and oxygen atoms in total. The molecule has 0 fully saturated rings. The highest BCUT2D eigenvalue weighted by molar-refractivity contribution is 5.61. The summed E-state index contributed by atoms with van der Waals surface area (Å²) in [5.41, 5.74) is 0.748. The molecule has 2 aromatic rings. The Morgan fingerprint density at radius 1 is 1.45 bits per heavy atom. The van der Waals surface area contributed by atoms with Crippen LogP contribution in [0.3, 0.4) is 0 Å². The molecule has 0 aliphatic rings. The second-order valence-electron chi connectivity index (χ2n) is 2.11. The monoisotopic (exact) mass is 151 g/mol. The van der Waals surface area contributed by atoms with Crippen LogP contribution >= 0.6 is 0 Å². The van der Waals surface area contributed by atoms with Gasteiger partial charge in [0.1, 0.15) is 0 Å². The van der Waals surface area contributed by atoms with Crippen LogP contribution in [0.1, 0.15) is 0 Å². The summed E-state index contributed by atoms with van der Waals surface area (Å²) < 4.78 is 6.04. The van der Waals surface area contributed by atoms with Crippen LogP contribution in [-0.2, 0) is 7.05 Å². The highest BCUT2D eigenvalue weighted by Gasteiger charge is 2.05. The summed E-state index contributed by atoms with van der Waals surface area (Å²) in [4.78, 5) is 18.6. The average Bonchev–Trinajstić information content (AvgIpc) is 2.30. The van der Waals surface area contributed by atoms with Crippen molar-refractivity contribution in [3.63, 3.8) is 0 Å². The van der Waals surface area contributed by atoms with Gasteiger partial charge in [0.25, 0.3) is 5.71 Å². The Bertz CT molecular complexity index is 442. The van der Waals surface area contributed by atoms with E-state index in [1.807, 2.05) is 0 Å². The van der Waals surface area contributed by atoms with Crippen LogP contribution in [0.25, 0.3) is 11.4 Å². The zero-order valence-corrected chi connectivity index (χ0v) is 5.81. The van der Waals surface area contributed by atoms with E-state index < -0.39 is 5.76 Å². The molecule has 0 spiro atoms. The fraction of sp³-hybridized carbons (Fsp3) is 0.167. The van der Waals surface area contributed by atoms with E-state index >= 15 is 0 Å². The van der Waals surface area contributed by atoms with Crippen LogP contribution in [-0.4, -0.2) is 14.5 Å². The maximum absolute atomic E-state index is 10.9. The van der Waals surface area contributed by atoms with Gasteiger partial charge in [0, 0.05) is 19.4 Å². The summed E-state index contributed by atoms with van der Waals surface area (Å²) in [5, 5.41) is 0. The Morgan fingerprint density at radius 3 is 2.91 bits per heavy atom. The van der Waals surface area contributed by atoms with E-state index in [9.17, 15) is 4.79 Å². The van der Waals surface area contributed by atoms with Gasteiger partial charge in [-0.2, -0.15) is 0 Å². The van der Waals surface area contributed by atoms with Gasteiger partial charge in [-0.25, -0.2) is 14.8 Å². The first kappa shape index (κ1) is 6.09. The van der Waals surface area contributed by atoms with Gasteiger partial charge in [0.05, 0.1) is 0 Å². The van der Waals surface area contributed by atoms with Gasteiger partial charge in [-0.3, -0.25) is 4.57 Å². The van der Waals surface area contributed by atoms with Gasteiger partial charge < -0.3 is 4.42 Å². The largest absolute Gasteiger partial charge is 0.422 e. The Balaban J connectivity index is 3.04. The molecule has 2 heterocycles. The zero-order valence-electron chi connectivity index (χ0n) is 5.81. The molecule has 56 valence electrons. The van der Waals surface area contributed by atoms with Crippen molar-refractivity contribution >= 4 is 11.4 Å². The molecular formula is C6H5N3O2. The van der Waals surface area contributed by atoms with E-state index in [0.717, 1.165) is 0 Å². The molecule has 2 rings (SSSR count). The molecule has 0 atom stereocenters. The molecule has 2 aromatic heterocycles. The Labute approximate surface area is 61.3 Å². The van der Waals surface area contributed by atoms with Gasteiger partial charge in [-0.1, -0.05) is 0 Å². The third-order valence-electron chi connectivity index (χ3n) is 1.42. The first-order chi connectivity index (χ1) is 5.29. The van der Waals surface area contributed by atoms with Crippen LogP contribution in [0.15, 0.2) is 21.6 Å². The Kier molecular flexibility index (Phi) is 1.06. The van der Waals surface area contributed by atoms with E-state index in [1.165, 1.54) is 17.0 Å². The molecule has 0 unspecified atom stereocenters. The normalized spacial score (nSPS) is 10.6. The topological polar surface area (TPSA) is 60.9 Å². The fourth-order valence-electron chi connectivity index (χ4n) is 0.858. The van der Waals surface area contributed by atoms with Crippen molar-refractivity contribution in [2.45, 2.75) is 0 Å². The molecule has 0 amide bonds. The number of fused-ring (bicyclic) bond motifs is 1. The standard InChI is InChI=1S/C6H5N3O2/c1-9-4-5(11-6(9)10)8-3-2-7-4/h2-3H,1H3. The lowest BCUT2D eigenvalue weighted by atomic mass is 10.7. The SMILES string of the molecule is Cn1c(=O)oc2nccnc21. The van der Waals surface area contributed by atoms with Gasteiger partial charge in [0.2, 0.25) is 5.65 Å². The minimum Gasteiger partial charge on any atom is -0.387 e. The van der Waals surface area contributed by atoms with E-state index in [2.05, 4.69) is 9.97 Å². The summed E-state index contributed by atoms with van der Waals surface area (Å²) >= 11 is 0. The van der Waals surface area contributed by atoms with E-state index in [0.29, 0.717) is 5.65 Å². The first-order valence-corrected chi connectivity index (χ1v) is 3.05. The van der Waals surface area contributed by atoms with Crippen LogP contribution < -0.4 is 5.76 Å². The lowest BCUT2D eigenvalue weighted by Crippen LogP contribution is -2.08. The molecule has 0 aromatic carbocycles. The molecular weight excluding hydrogens is 146 g/mol. The number of hydrogen-bond donors (Lipinski definition) is 0. The van der Waals surface area contributed by atoms with Crippen molar-refractivity contribution in [3.8, 4) is 0 Å². The van der Waals surface area contributed by atoms with Gasteiger partial charge in [0.15, 0.2) is 0 Å². The van der Waals surface area contributed by atoms with Crippen molar-refractivity contribution < 1.29 is 4.42 Å². The number of nitrogens with zero attached hydrogens (tertiary/aromatic N) is 3. The minimum absolute atomic E-state index is 0.278. The quantitative estimate of drug-likeness (QED) is 0.528. The maximum Gasteiger partial charge on any atom is 0.422 e. The highest BCUT2D eigenvalue weighted by atomic mass is 16.4. The van der Waals surface area contributed by atoms with Crippen LogP contribution in [0.5, 0.6) is 0 Å². The second-order valence-corrected chi connectivity index (χ2v) is 2.11. The average molecular weight is 151 g/mol. The summed E-state index contributed by atoms with van der Waals surface area (Å²) in [5.74, 6) is -0.439. The Morgan fingerprint density at radius 2 is 2.18 bits per heavy atom. The van der Waals surface area contributed by atoms with Crippen molar-refractivity contribution in [2.75, 3.05) is 0 Å². The minimum atomic E-state index is -0.439. The molecule has 5 heteroatoms. The summed E-state index contributed by atoms with van der Waals surface area (Å²) in [6.45, 7) is 0. The van der Waals surface area contributed by atoms with Crippen LogP contribution in [0.4, 0.5) is 0 Å². The maximum atomic E-state index is 10.9. The van der Waals surface area contributed by atoms with Crippen molar-refractivity contribution in [1.29, 1.82) is 0 Å². The van der Waals surface area contributed by atoms with Gasteiger partial charge in [-0.05, 0) is 0 Å². The predicted octanol–water partition coefficient (Wildman–Crippen LogP) is -0.0785. The summed E-state index contributed by atoms with van der Waals surface area (Å²) in [6.07, 6.45) is 2.99. The number of rotatable bonds is 0. The molecule has 0 saturated carbocycles. The zero-order chi connectivity index (χ0) is 7.84. The molecule has 0 N–H and O–H groups in total. The van der Waals surface area contributed by atoms with Crippen molar-refractivity contribution in [3.05, 3.63) is 22.9 Å². The highest BCUT2D eigenvalue weighted by Crippen LogP contribution is 2.01. The number of oxazole rings is 1. The molecule has 0 saturated heterocycles. The predicted molar refractivity (Wildman–Crippen MR) is 37.0 cm³/mol. The number of aryl methyl sites for hydroxylation is 1. The molecule has 0 radical (unpaired) electrons.